The number of hydrogen-bond donors (Lipinski definition) is 0. The summed E-state index contributed by atoms with van der Waals surface area (Å²) in [6.45, 7) is 0.152. The van der Waals surface area contributed by atoms with E-state index in [9.17, 15) is 4.79 Å². The first-order valence-corrected chi connectivity index (χ1v) is 3.83. The van der Waals surface area contributed by atoms with Crippen LogP contribution in [0.4, 0.5) is 0 Å². The predicted octanol–water partition coefficient (Wildman–Crippen LogP) is 2.34. The van der Waals surface area contributed by atoms with Crippen molar-refractivity contribution >= 4 is 6.29 Å². The Morgan fingerprint density at radius 3 is 2.69 bits per heavy atom. The van der Waals surface area contributed by atoms with E-state index in [1.807, 2.05) is 0 Å². The molecule has 0 N–H and O–H groups in total. The van der Waals surface area contributed by atoms with Crippen molar-refractivity contribution in [1.29, 1.82) is 0 Å². The van der Waals surface area contributed by atoms with Gasteiger partial charge in [0.1, 0.15) is 6.29 Å². The zero-order chi connectivity index (χ0) is 9.94. The van der Waals surface area contributed by atoms with E-state index in [0.717, 1.165) is 6.29 Å². The quantitative estimate of drug-likeness (QED) is 0.194. The van der Waals surface area contributed by atoms with E-state index in [1.165, 1.54) is 0 Å². The molecule has 0 bridgehead atoms. The fourth-order valence-corrected chi connectivity index (χ4v) is 0.826. The number of rotatable bonds is 7. The standard InChI is InChI=1S/C6H10N6O/c7-11-9-5-6(10-12-8)3-1-2-4-13/h4,6H,1-3,5H2. The Morgan fingerprint density at radius 2 is 2.15 bits per heavy atom. The van der Waals surface area contributed by atoms with Crippen molar-refractivity contribution in [2.45, 2.75) is 25.3 Å². The molecule has 0 aliphatic carbocycles. The van der Waals surface area contributed by atoms with Gasteiger partial charge in [-0.2, -0.15) is 0 Å². The Labute approximate surface area is 75.0 Å². The van der Waals surface area contributed by atoms with Gasteiger partial charge in [-0.05, 0) is 23.9 Å². The van der Waals surface area contributed by atoms with E-state index in [2.05, 4.69) is 20.1 Å². The van der Waals surface area contributed by atoms with E-state index in [4.69, 9.17) is 11.1 Å². The van der Waals surface area contributed by atoms with E-state index in [0.29, 0.717) is 19.3 Å². The number of unbranched alkanes of at least 4 members (excludes halogenated alkanes) is 1. The maximum Gasteiger partial charge on any atom is 0.119 e. The highest BCUT2D eigenvalue weighted by Crippen LogP contribution is 2.04. The minimum absolute atomic E-state index is 0.152. The lowest BCUT2D eigenvalue weighted by atomic mass is 10.1. The van der Waals surface area contributed by atoms with Crippen LogP contribution in [0.15, 0.2) is 10.2 Å². The molecule has 0 amide bonds. The summed E-state index contributed by atoms with van der Waals surface area (Å²) >= 11 is 0. The van der Waals surface area contributed by atoms with Crippen molar-refractivity contribution in [2.24, 2.45) is 10.2 Å². The molecule has 0 saturated heterocycles. The van der Waals surface area contributed by atoms with Gasteiger partial charge in [-0.25, -0.2) is 0 Å². The van der Waals surface area contributed by atoms with Gasteiger partial charge in [-0.3, -0.25) is 0 Å². The summed E-state index contributed by atoms with van der Waals surface area (Å²) in [4.78, 5) is 15.2. The molecule has 0 aromatic carbocycles. The highest BCUT2D eigenvalue weighted by molar-refractivity contribution is 5.48. The molecule has 0 spiro atoms. The van der Waals surface area contributed by atoms with E-state index in [-0.39, 0.29) is 12.6 Å². The van der Waals surface area contributed by atoms with Crippen molar-refractivity contribution in [2.75, 3.05) is 6.54 Å². The van der Waals surface area contributed by atoms with Crippen molar-refractivity contribution in [3.8, 4) is 0 Å². The minimum atomic E-state index is -0.333. The molecule has 0 aliphatic heterocycles. The summed E-state index contributed by atoms with van der Waals surface area (Å²) in [6.07, 6.45) is 2.46. The Bertz CT molecular complexity index is 240. The van der Waals surface area contributed by atoms with Gasteiger partial charge in [0.25, 0.3) is 0 Å². The molecule has 0 radical (unpaired) electrons. The third kappa shape index (κ3) is 6.68. The molecule has 7 heteroatoms. The van der Waals surface area contributed by atoms with Crippen LogP contribution in [0.5, 0.6) is 0 Å². The number of carbonyl (C=O) groups is 1. The second-order valence-electron chi connectivity index (χ2n) is 2.37. The van der Waals surface area contributed by atoms with Crippen LogP contribution in [0.25, 0.3) is 20.9 Å². The average molecular weight is 182 g/mol. The van der Waals surface area contributed by atoms with Crippen molar-refractivity contribution in [1.82, 2.24) is 0 Å². The molecule has 13 heavy (non-hydrogen) atoms. The first-order valence-electron chi connectivity index (χ1n) is 3.83. The first kappa shape index (κ1) is 11.3. The fourth-order valence-electron chi connectivity index (χ4n) is 0.826. The molecule has 7 nitrogen and oxygen atoms in total. The molecule has 0 saturated carbocycles. The van der Waals surface area contributed by atoms with E-state index < -0.39 is 0 Å². The maximum atomic E-state index is 9.97. The van der Waals surface area contributed by atoms with Gasteiger partial charge in [-0.1, -0.05) is 10.2 Å². The molecule has 1 atom stereocenters. The van der Waals surface area contributed by atoms with Gasteiger partial charge in [0.15, 0.2) is 0 Å². The second-order valence-corrected chi connectivity index (χ2v) is 2.37. The van der Waals surface area contributed by atoms with Crippen LogP contribution in [-0.2, 0) is 4.79 Å². The Morgan fingerprint density at radius 1 is 1.38 bits per heavy atom. The topological polar surface area (TPSA) is 115 Å². The van der Waals surface area contributed by atoms with Crippen molar-refractivity contribution < 1.29 is 4.79 Å². The van der Waals surface area contributed by atoms with Crippen LogP contribution in [0.1, 0.15) is 19.3 Å². The lowest BCUT2D eigenvalue weighted by Crippen LogP contribution is -2.07. The number of azide groups is 2. The van der Waals surface area contributed by atoms with Crippen molar-refractivity contribution in [3.05, 3.63) is 20.9 Å². The predicted molar refractivity (Wildman–Crippen MR) is 46.9 cm³/mol. The lowest BCUT2D eigenvalue weighted by molar-refractivity contribution is -0.107. The largest absolute Gasteiger partial charge is 0.303 e. The van der Waals surface area contributed by atoms with Gasteiger partial charge < -0.3 is 4.79 Å². The lowest BCUT2D eigenvalue weighted by Gasteiger charge is -2.04. The Balaban J connectivity index is 3.85. The van der Waals surface area contributed by atoms with Gasteiger partial charge >= 0.3 is 0 Å². The molecular formula is C6H10N6O. The molecular weight excluding hydrogens is 172 g/mol. The van der Waals surface area contributed by atoms with E-state index in [1.54, 1.807) is 0 Å². The van der Waals surface area contributed by atoms with Crippen LogP contribution in [0, 0.1) is 0 Å². The summed E-state index contributed by atoms with van der Waals surface area (Å²) in [5.41, 5.74) is 16.2. The van der Waals surface area contributed by atoms with Crippen LogP contribution in [-0.4, -0.2) is 18.9 Å². The summed E-state index contributed by atoms with van der Waals surface area (Å²) in [6, 6.07) is -0.333. The number of hydrogen-bond acceptors (Lipinski definition) is 3. The van der Waals surface area contributed by atoms with Crippen LogP contribution in [0.2, 0.25) is 0 Å². The van der Waals surface area contributed by atoms with Gasteiger partial charge in [0.2, 0.25) is 0 Å². The van der Waals surface area contributed by atoms with Crippen molar-refractivity contribution in [3.63, 3.8) is 0 Å². The zero-order valence-electron chi connectivity index (χ0n) is 7.07. The van der Waals surface area contributed by atoms with Gasteiger partial charge in [0.05, 0.1) is 0 Å². The van der Waals surface area contributed by atoms with E-state index >= 15 is 0 Å². The zero-order valence-corrected chi connectivity index (χ0v) is 7.07. The number of carbonyl (C=O) groups excluding carboxylic acids is 1. The monoisotopic (exact) mass is 182 g/mol. The molecule has 0 heterocycles. The Hall–Kier alpha value is -1.71. The third-order valence-corrected chi connectivity index (χ3v) is 1.43. The second kappa shape index (κ2) is 8.39. The normalized spacial score (nSPS) is 10.8. The molecule has 1 unspecified atom stereocenters. The van der Waals surface area contributed by atoms with Crippen LogP contribution in [0.3, 0.4) is 0 Å². The highest BCUT2D eigenvalue weighted by atomic mass is 16.1. The Kier molecular flexibility index (Phi) is 7.28. The fraction of sp³-hybridized carbons (Fsp3) is 0.833. The molecule has 70 valence electrons. The summed E-state index contributed by atoms with van der Waals surface area (Å²) < 4.78 is 0. The molecule has 0 aromatic heterocycles. The van der Waals surface area contributed by atoms with Crippen LogP contribution >= 0.6 is 0 Å². The molecule has 0 fully saturated rings. The summed E-state index contributed by atoms with van der Waals surface area (Å²) in [5.74, 6) is 0. The average Bonchev–Trinajstić information content (AvgIpc) is 2.14. The summed E-state index contributed by atoms with van der Waals surface area (Å²) in [7, 11) is 0. The molecule has 0 aliphatic rings. The molecule has 0 rings (SSSR count). The van der Waals surface area contributed by atoms with Gasteiger partial charge in [0, 0.05) is 28.8 Å². The SMILES string of the molecule is [N-]=[N+]=NCC(CCCC=O)N=[N+]=[N-]. The van der Waals surface area contributed by atoms with Gasteiger partial charge in [-0.15, -0.1) is 0 Å². The minimum Gasteiger partial charge on any atom is -0.303 e. The molecule has 0 aromatic rings. The maximum absolute atomic E-state index is 9.97. The smallest absolute Gasteiger partial charge is 0.119 e. The van der Waals surface area contributed by atoms with Crippen LogP contribution < -0.4 is 0 Å². The first-order chi connectivity index (χ1) is 6.35. The summed E-state index contributed by atoms with van der Waals surface area (Å²) in [5, 5.41) is 6.73. The number of nitrogens with zero attached hydrogens (tertiary/aromatic N) is 6. The highest BCUT2D eigenvalue weighted by Gasteiger charge is 2.03. The third-order valence-electron chi connectivity index (χ3n) is 1.43. The number of aldehydes is 1.